The van der Waals surface area contributed by atoms with E-state index >= 15 is 0 Å². The molecular weight excluding hydrogens is 441 g/mol. The molecule has 25 heavy (non-hydrogen) atoms. The fraction of sp³-hybridized carbons (Fsp3) is 0.111. The molecular formula is C18H12S7. The third-order valence-corrected chi connectivity index (χ3v) is 11.7. The van der Waals surface area contributed by atoms with Crippen molar-refractivity contribution in [2.75, 3.05) is 12.5 Å². The molecule has 0 bridgehead atoms. The zero-order valence-electron chi connectivity index (χ0n) is 13.3. The maximum atomic E-state index is 2.41. The number of hydrogen-bond acceptors (Lipinski definition) is 7. The van der Waals surface area contributed by atoms with E-state index < -0.39 is 0 Å². The summed E-state index contributed by atoms with van der Waals surface area (Å²) in [5.74, 6) is 0. The van der Waals surface area contributed by atoms with E-state index in [2.05, 4.69) is 47.5 Å². The van der Waals surface area contributed by atoms with Gasteiger partial charge in [0, 0.05) is 30.3 Å². The molecule has 0 aromatic carbocycles. The maximum Gasteiger partial charge on any atom is 0.0893 e. The molecule has 126 valence electrons. The molecule has 5 heterocycles. The van der Waals surface area contributed by atoms with Crippen LogP contribution < -0.4 is 0 Å². The van der Waals surface area contributed by atoms with Crippen LogP contribution in [0.15, 0.2) is 44.8 Å². The van der Waals surface area contributed by atoms with Crippen molar-refractivity contribution in [2.24, 2.45) is 0 Å². The highest BCUT2D eigenvalue weighted by Gasteiger charge is 2.17. The van der Waals surface area contributed by atoms with Gasteiger partial charge in [0.2, 0.25) is 0 Å². The molecule has 0 N–H and O–H groups in total. The minimum absolute atomic E-state index is 1.39. The fourth-order valence-electron chi connectivity index (χ4n) is 2.86. The predicted molar refractivity (Wildman–Crippen MR) is 125 cm³/mol. The van der Waals surface area contributed by atoms with Gasteiger partial charge in [-0.3, -0.25) is 0 Å². The van der Waals surface area contributed by atoms with Crippen molar-refractivity contribution in [1.29, 1.82) is 0 Å². The molecule has 0 radical (unpaired) electrons. The molecule has 0 saturated carbocycles. The second-order valence-corrected chi connectivity index (χ2v) is 12.5. The third-order valence-electron chi connectivity index (χ3n) is 4.02. The van der Waals surface area contributed by atoms with Crippen LogP contribution in [0, 0.1) is 0 Å². The van der Waals surface area contributed by atoms with Crippen LogP contribution in [0.5, 0.6) is 0 Å². The minimum atomic E-state index is 1.39. The zero-order valence-corrected chi connectivity index (χ0v) is 19.0. The first-order valence-electron chi connectivity index (χ1n) is 7.48. The molecule has 0 aliphatic heterocycles. The van der Waals surface area contributed by atoms with E-state index in [1.165, 1.54) is 48.1 Å². The second kappa shape index (κ2) is 6.71. The summed E-state index contributed by atoms with van der Waals surface area (Å²) < 4.78 is 2.92. The van der Waals surface area contributed by atoms with Crippen molar-refractivity contribution in [3.63, 3.8) is 0 Å². The standard InChI is InChI=1S/C18H12S7/c1-19-11-3-5-21-15(11)13-7-9-10-8-14(16-12(20-2)4-6-22-16)24-18(10)25-17(9)23-13/h3-8H,1-2H3. The van der Waals surface area contributed by atoms with Gasteiger partial charge in [-0.2, -0.15) is 0 Å². The van der Waals surface area contributed by atoms with Gasteiger partial charge < -0.3 is 0 Å². The van der Waals surface area contributed by atoms with Gasteiger partial charge in [-0.15, -0.1) is 80.2 Å². The fourth-order valence-corrected chi connectivity index (χ4v) is 10.9. The van der Waals surface area contributed by atoms with E-state index in [1.54, 1.807) is 0 Å². The molecule has 0 amide bonds. The number of thiophene rings is 5. The summed E-state index contributed by atoms with van der Waals surface area (Å²) in [4.78, 5) is 8.46. The first-order valence-corrected chi connectivity index (χ1v) is 14.1. The van der Waals surface area contributed by atoms with E-state index in [0.29, 0.717) is 0 Å². The number of hydrogen-bond donors (Lipinski definition) is 0. The highest BCUT2D eigenvalue weighted by molar-refractivity contribution is 7.99. The Labute approximate surface area is 174 Å². The van der Waals surface area contributed by atoms with Crippen molar-refractivity contribution in [1.82, 2.24) is 0 Å². The first-order chi connectivity index (χ1) is 12.3. The normalized spacial score (nSPS) is 11.9. The Kier molecular flexibility index (Phi) is 4.53. The Bertz CT molecular complexity index is 1090. The number of thioether (sulfide) groups is 2. The van der Waals surface area contributed by atoms with Gasteiger partial charge in [-0.05, 0) is 47.5 Å². The molecule has 7 heteroatoms. The summed E-state index contributed by atoms with van der Waals surface area (Å²) in [6, 6.07) is 9.28. The minimum Gasteiger partial charge on any atom is -0.142 e. The largest absolute Gasteiger partial charge is 0.142 e. The molecule has 5 aromatic rings. The molecule has 0 unspecified atom stereocenters. The van der Waals surface area contributed by atoms with Gasteiger partial charge in [0.1, 0.15) is 0 Å². The average molecular weight is 453 g/mol. The monoisotopic (exact) mass is 452 g/mol. The number of fused-ring (bicyclic) bond motifs is 3. The number of rotatable bonds is 4. The lowest BCUT2D eigenvalue weighted by Crippen LogP contribution is -1.67. The molecule has 0 spiro atoms. The van der Waals surface area contributed by atoms with E-state index in [4.69, 9.17) is 0 Å². The van der Waals surface area contributed by atoms with Crippen LogP contribution in [0.2, 0.25) is 0 Å². The molecule has 0 nitrogen and oxygen atoms in total. The van der Waals surface area contributed by atoms with Gasteiger partial charge >= 0.3 is 0 Å². The van der Waals surface area contributed by atoms with E-state index in [0.717, 1.165) is 0 Å². The molecule has 5 aromatic heterocycles. The van der Waals surface area contributed by atoms with Gasteiger partial charge in [0.25, 0.3) is 0 Å². The SMILES string of the molecule is CSc1ccsc1-c1cc2c(s1)sc1sc(-c3sccc3SC)cc12. The molecule has 5 rings (SSSR count). The lowest BCUT2D eigenvalue weighted by Gasteiger charge is -1.95. The average Bonchev–Trinajstić information content (AvgIpc) is 3.38. The molecule has 0 atom stereocenters. The second-order valence-electron chi connectivity index (χ2n) is 5.36. The first kappa shape index (κ1) is 16.9. The van der Waals surface area contributed by atoms with Crippen LogP contribution in [0.1, 0.15) is 0 Å². The zero-order chi connectivity index (χ0) is 17.0. The third kappa shape index (κ3) is 2.76. The van der Waals surface area contributed by atoms with Crippen molar-refractivity contribution in [3.8, 4) is 19.5 Å². The van der Waals surface area contributed by atoms with Crippen LogP contribution in [-0.4, -0.2) is 12.5 Å². The molecule has 0 saturated heterocycles. The Balaban J connectivity index is 1.65. The quantitative estimate of drug-likeness (QED) is 0.249. The molecule has 0 aliphatic carbocycles. The lowest BCUT2D eigenvalue weighted by molar-refractivity contribution is 1.60. The van der Waals surface area contributed by atoms with E-state index in [-0.39, 0.29) is 0 Å². The molecule has 0 aliphatic rings. The van der Waals surface area contributed by atoms with Gasteiger partial charge in [0.15, 0.2) is 0 Å². The van der Waals surface area contributed by atoms with Crippen LogP contribution in [0.3, 0.4) is 0 Å². The predicted octanol–water partition coefficient (Wildman–Crippen LogP) is 9.08. The van der Waals surface area contributed by atoms with Gasteiger partial charge in [-0.25, -0.2) is 0 Å². The van der Waals surface area contributed by atoms with Crippen molar-refractivity contribution in [3.05, 3.63) is 35.0 Å². The highest BCUT2D eigenvalue weighted by Crippen LogP contribution is 2.50. The summed E-state index contributed by atoms with van der Waals surface area (Å²) in [6.07, 6.45) is 4.32. The van der Waals surface area contributed by atoms with Crippen molar-refractivity contribution < 1.29 is 0 Å². The maximum absolute atomic E-state index is 2.41. The van der Waals surface area contributed by atoms with Crippen LogP contribution in [-0.2, 0) is 0 Å². The van der Waals surface area contributed by atoms with Crippen LogP contribution in [0.25, 0.3) is 38.3 Å². The van der Waals surface area contributed by atoms with E-state index in [1.807, 2.05) is 80.2 Å². The summed E-state index contributed by atoms with van der Waals surface area (Å²) in [5, 5.41) is 7.28. The smallest absolute Gasteiger partial charge is 0.0893 e. The van der Waals surface area contributed by atoms with E-state index in [9.17, 15) is 0 Å². The Morgan fingerprint density at radius 3 is 1.60 bits per heavy atom. The topological polar surface area (TPSA) is 0 Å². The Morgan fingerprint density at radius 1 is 0.680 bits per heavy atom. The van der Waals surface area contributed by atoms with Crippen molar-refractivity contribution >= 4 is 99.0 Å². The van der Waals surface area contributed by atoms with Crippen molar-refractivity contribution in [2.45, 2.75) is 9.79 Å². The van der Waals surface area contributed by atoms with Crippen LogP contribution >= 0.6 is 80.2 Å². The summed E-state index contributed by atoms with van der Waals surface area (Å²) in [5.41, 5.74) is 0. The molecule has 0 fully saturated rings. The van der Waals surface area contributed by atoms with Crippen LogP contribution in [0.4, 0.5) is 0 Å². The summed E-state index contributed by atoms with van der Waals surface area (Å²) in [6.45, 7) is 0. The Hall–Kier alpha value is -0.280. The Morgan fingerprint density at radius 2 is 1.16 bits per heavy atom. The summed E-state index contributed by atoms with van der Waals surface area (Å²) in [7, 11) is 0. The highest BCUT2D eigenvalue weighted by atomic mass is 32.2. The lowest BCUT2D eigenvalue weighted by atomic mass is 10.2. The summed E-state index contributed by atoms with van der Waals surface area (Å²) >= 11 is 13.2. The van der Waals surface area contributed by atoms with Gasteiger partial charge in [0.05, 0.1) is 17.8 Å². The van der Waals surface area contributed by atoms with Gasteiger partial charge in [-0.1, -0.05) is 0 Å².